The summed E-state index contributed by atoms with van der Waals surface area (Å²) in [5.74, 6) is -2.36. The van der Waals surface area contributed by atoms with Gasteiger partial charge >= 0.3 is 5.69 Å². The van der Waals surface area contributed by atoms with E-state index in [1.165, 1.54) is 12.1 Å². The van der Waals surface area contributed by atoms with E-state index in [1.807, 2.05) is 11.1 Å². The molecule has 0 aliphatic rings. The second-order valence-corrected chi connectivity index (χ2v) is 6.60. The molecule has 2 heterocycles. The molecule has 0 radical (unpaired) electrons. The van der Waals surface area contributed by atoms with E-state index in [0.717, 1.165) is 17.1 Å². The molecule has 0 aliphatic heterocycles. The molecule has 0 bridgehead atoms. The number of hydrogen-bond donors (Lipinski definition) is 3. The maximum absolute atomic E-state index is 13.2. The second kappa shape index (κ2) is 7.63. The Morgan fingerprint density at radius 2 is 1.73 bits per heavy atom. The molecule has 0 saturated carbocycles. The van der Waals surface area contributed by atoms with Crippen molar-refractivity contribution in [2.24, 2.45) is 0 Å². The number of benzene rings is 2. The number of fused-ring (bicyclic) bond motifs is 1. The van der Waals surface area contributed by atoms with Gasteiger partial charge in [-0.05, 0) is 23.8 Å². The van der Waals surface area contributed by atoms with Crippen molar-refractivity contribution in [3.63, 3.8) is 0 Å². The third-order valence-electron chi connectivity index (χ3n) is 4.51. The number of aromatic amines is 2. The van der Waals surface area contributed by atoms with Crippen LogP contribution < -0.4 is 16.6 Å². The molecule has 0 unspecified atom stereocenters. The number of para-hydroxylation sites is 1. The molecular weight excluding hydrogens is 391 g/mol. The number of halogens is 1. The Balaban J connectivity index is 1.67. The Morgan fingerprint density at radius 1 is 1.00 bits per heavy atom. The fraction of sp³-hybridized carbons (Fsp3) is 0.0476. The van der Waals surface area contributed by atoms with Gasteiger partial charge in [0, 0.05) is 29.7 Å². The molecule has 1 amide bonds. The highest BCUT2D eigenvalue weighted by molar-refractivity contribution is 6.48. The molecule has 2 aromatic carbocycles. The molecule has 0 aliphatic carbocycles. The number of nitrogens with one attached hydrogen (secondary N) is 3. The Bertz CT molecular complexity index is 1350. The van der Waals surface area contributed by atoms with Gasteiger partial charge in [0.1, 0.15) is 11.6 Å². The highest BCUT2D eigenvalue weighted by atomic mass is 19.1. The second-order valence-electron chi connectivity index (χ2n) is 6.60. The third-order valence-corrected chi connectivity index (χ3v) is 4.51. The fourth-order valence-electron chi connectivity index (χ4n) is 3.18. The number of hydrogen-bond acceptors (Lipinski definition) is 4. The lowest BCUT2D eigenvalue weighted by Gasteiger charge is -2.05. The molecule has 0 fully saturated rings. The normalized spacial score (nSPS) is 10.8. The molecule has 9 heteroatoms. The predicted octanol–water partition coefficient (Wildman–Crippen LogP) is 2.03. The number of H-pyrrole nitrogens is 2. The molecule has 4 aromatic rings. The van der Waals surface area contributed by atoms with Crippen LogP contribution in [0.25, 0.3) is 10.9 Å². The van der Waals surface area contributed by atoms with Gasteiger partial charge in [-0.15, -0.1) is 0 Å². The van der Waals surface area contributed by atoms with E-state index in [9.17, 15) is 23.6 Å². The average molecular weight is 406 g/mol. The first-order valence-electron chi connectivity index (χ1n) is 8.92. The Morgan fingerprint density at radius 3 is 2.47 bits per heavy atom. The number of anilines is 1. The minimum absolute atomic E-state index is 0.164. The van der Waals surface area contributed by atoms with Crippen molar-refractivity contribution in [1.29, 1.82) is 0 Å². The van der Waals surface area contributed by atoms with Crippen LogP contribution in [-0.4, -0.2) is 26.2 Å². The summed E-state index contributed by atoms with van der Waals surface area (Å²) >= 11 is 0. The summed E-state index contributed by atoms with van der Waals surface area (Å²) in [7, 11) is 0. The Labute approximate surface area is 168 Å². The van der Waals surface area contributed by atoms with E-state index in [4.69, 9.17) is 0 Å². The first-order chi connectivity index (χ1) is 14.4. The maximum atomic E-state index is 13.2. The zero-order valence-electron chi connectivity index (χ0n) is 15.4. The van der Waals surface area contributed by atoms with Gasteiger partial charge in [-0.25, -0.2) is 9.18 Å². The lowest BCUT2D eigenvalue weighted by Crippen LogP contribution is -2.28. The quantitative estimate of drug-likeness (QED) is 0.347. The summed E-state index contributed by atoms with van der Waals surface area (Å²) in [6.07, 6.45) is 1.55. The van der Waals surface area contributed by atoms with Crippen LogP contribution in [0.3, 0.4) is 0 Å². The molecule has 2 aromatic heterocycles. The molecule has 8 nitrogen and oxygen atoms in total. The molecule has 150 valence electrons. The lowest BCUT2D eigenvalue weighted by atomic mass is 10.1. The number of carbonyl (C=O) groups excluding carboxylic acids is 2. The number of nitrogens with zero attached hydrogens (tertiary/aromatic N) is 1. The van der Waals surface area contributed by atoms with E-state index in [0.29, 0.717) is 11.9 Å². The SMILES string of the molecule is O=C(Nc1cc(=O)[nH]c(=O)[nH]1)C(=O)c1cn(Cc2ccc(F)cc2)c2ccccc12. The van der Waals surface area contributed by atoms with Crippen LogP contribution in [0, 0.1) is 5.82 Å². The number of carbonyl (C=O) groups is 2. The Kier molecular flexibility index (Phi) is 4.85. The van der Waals surface area contributed by atoms with Gasteiger partial charge in [-0.3, -0.25) is 24.4 Å². The first kappa shape index (κ1) is 19.1. The maximum Gasteiger partial charge on any atom is 0.327 e. The van der Waals surface area contributed by atoms with Gasteiger partial charge in [0.15, 0.2) is 0 Å². The van der Waals surface area contributed by atoms with E-state index in [-0.39, 0.29) is 17.2 Å². The minimum Gasteiger partial charge on any atom is -0.342 e. The highest BCUT2D eigenvalue weighted by Gasteiger charge is 2.22. The van der Waals surface area contributed by atoms with Crippen LogP contribution >= 0.6 is 0 Å². The standard InChI is InChI=1S/C21H15FN4O4/c22-13-7-5-12(6-8-13)10-26-11-15(14-3-1-2-4-16(14)26)19(28)20(29)23-17-9-18(27)25-21(30)24-17/h1-9,11H,10H2,(H3,23,24,25,27,29,30). The zero-order chi connectivity index (χ0) is 21.3. The summed E-state index contributed by atoms with van der Waals surface area (Å²) in [4.78, 5) is 52.1. The van der Waals surface area contributed by atoms with E-state index < -0.39 is 22.9 Å². The largest absolute Gasteiger partial charge is 0.342 e. The highest BCUT2D eigenvalue weighted by Crippen LogP contribution is 2.23. The monoisotopic (exact) mass is 406 g/mol. The number of aromatic nitrogens is 3. The van der Waals surface area contributed by atoms with Crippen LogP contribution in [0.1, 0.15) is 15.9 Å². The van der Waals surface area contributed by atoms with Gasteiger partial charge in [0.2, 0.25) is 0 Å². The summed E-state index contributed by atoms with van der Waals surface area (Å²) in [5, 5.41) is 2.81. The number of amides is 1. The summed E-state index contributed by atoms with van der Waals surface area (Å²) in [5.41, 5.74) is 0.195. The summed E-state index contributed by atoms with van der Waals surface area (Å²) in [6.45, 7) is 0.372. The lowest BCUT2D eigenvalue weighted by molar-refractivity contribution is -0.112. The molecule has 0 spiro atoms. The van der Waals surface area contributed by atoms with Crippen molar-refractivity contribution < 1.29 is 14.0 Å². The van der Waals surface area contributed by atoms with E-state index in [1.54, 1.807) is 41.1 Å². The van der Waals surface area contributed by atoms with Crippen molar-refractivity contribution in [3.05, 3.63) is 98.6 Å². The topological polar surface area (TPSA) is 117 Å². The van der Waals surface area contributed by atoms with Gasteiger partial charge < -0.3 is 9.88 Å². The molecule has 30 heavy (non-hydrogen) atoms. The molecule has 0 atom stereocenters. The van der Waals surface area contributed by atoms with Crippen molar-refractivity contribution >= 4 is 28.4 Å². The van der Waals surface area contributed by atoms with Crippen LogP contribution in [0.2, 0.25) is 0 Å². The van der Waals surface area contributed by atoms with Crippen molar-refractivity contribution in [1.82, 2.24) is 14.5 Å². The van der Waals surface area contributed by atoms with Gasteiger partial charge in [-0.1, -0.05) is 30.3 Å². The van der Waals surface area contributed by atoms with E-state index in [2.05, 4.69) is 10.3 Å². The minimum atomic E-state index is -0.999. The first-order valence-corrected chi connectivity index (χ1v) is 8.92. The molecular formula is C21H15FN4O4. The summed E-state index contributed by atoms with van der Waals surface area (Å²) < 4.78 is 15.0. The van der Waals surface area contributed by atoms with Crippen LogP contribution in [0.4, 0.5) is 10.2 Å². The summed E-state index contributed by atoms with van der Waals surface area (Å²) in [6, 6.07) is 14.0. The van der Waals surface area contributed by atoms with Crippen molar-refractivity contribution in [2.75, 3.05) is 5.32 Å². The van der Waals surface area contributed by atoms with Crippen molar-refractivity contribution in [2.45, 2.75) is 6.54 Å². The van der Waals surface area contributed by atoms with Crippen molar-refractivity contribution in [3.8, 4) is 0 Å². The number of Topliss-reactive ketones (excluding diaryl/α,β-unsaturated/α-hetero) is 1. The third kappa shape index (κ3) is 3.81. The zero-order valence-corrected chi connectivity index (χ0v) is 15.4. The smallest absolute Gasteiger partial charge is 0.327 e. The van der Waals surface area contributed by atoms with E-state index >= 15 is 0 Å². The van der Waals surface area contributed by atoms with Crippen LogP contribution in [-0.2, 0) is 11.3 Å². The molecule has 3 N–H and O–H groups in total. The molecule has 0 saturated heterocycles. The Hall–Kier alpha value is -4.27. The van der Waals surface area contributed by atoms with Gasteiger partial charge in [0.25, 0.3) is 17.2 Å². The van der Waals surface area contributed by atoms with Gasteiger partial charge in [-0.2, -0.15) is 0 Å². The average Bonchev–Trinajstić information content (AvgIpc) is 3.07. The van der Waals surface area contributed by atoms with Crippen LogP contribution in [0.15, 0.2) is 70.4 Å². The van der Waals surface area contributed by atoms with Gasteiger partial charge in [0.05, 0.1) is 5.56 Å². The number of rotatable bonds is 5. The fourth-order valence-corrected chi connectivity index (χ4v) is 3.18. The van der Waals surface area contributed by atoms with Crippen LogP contribution in [0.5, 0.6) is 0 Å². The predicted molar refractivity (Wildman–Crippen MR) is 108 cm³/mol. The molecule has 4 rings (SSSR count). The number of ketones is 1.